The Morgan fingerprint density at radius 2 is 2.09 bits per heavy atom. The first kappa shape index (κ1) is 22.1. The summed E-state index contributed by atoms with van der Waals surface area (Å²) in [5.74, 6) is 1.47. The van der Waals surface area contributed by atoms with E-state index in [1.807, 2.05) is 25.7 Å². The summed E-state index contributed by atoms with van der Waals surface area (Å²) in [5, 5.41) is 6.94. The van der Waals surface area contributed by atoms with Crippen LogP contribution in [0.4, 0.5) is 0 Å². The molecule has 0 aromatic carbocycles. The number of nitrogens with zero attached hydrogens (tertiary/aromatic N) is 3. The molecule has 23 heavy (non-hydrogen) atoms. The zero-order valence-corrected chi connectivity index (χ0v) is 15.5. The Labute approximate surface area is 149 Å². The van der Waals surface area contributed by atoms with Crippen molar-refractivity contribution in [3.63, 3.8) is 0 Å². The van der Waals surface area contributed by atoms with Gasteiger partial charge in [0, 0.05) is 13.1 Å². The van der Waals surface area contributed by atoms with Gasteiger partial charge in [0.05, 0.1) is 18.6 Å². The summed E-state index contributed by atoms with van der Waals surface area (Å²) in [6, 6.07) is 0. The molecule has 1 aromatic heterocycles. The number of carbonyl (C=O) groups is 1. The van der Waals surface area contributed by atoms with E-state index in [0.717, 1.165) is 18.7 Å². The Hall–Kier alpha value is -0.890. The molecule has 1 amide bonds. The maximum Gasteiger partial charge on any atom is 0.230 e. The number of amides is 1. The molecule has 2 rings (SSSR count). The van der Waals surface area contributed by atoms with Crippen LogP contribution < -0.4 is 5.73 Å². The zero-order valence-electron chi connectivity index (χ0n) is 13.9. The molecule has 2 heterocycles. The minimum Gasteiger partial charge on any atom is -0.366 e. The molecular weight excluding hydrogens is 341 g/mol. The van der Waals surface area contributed by atoms with E-state index in [9.17, 15) is 4.79 Å². The number of carbonyl (C=O) groups excluding carboxylic acids is 1. The van der Waals surface area contributed by atoms with E-state index in [0.29, 0.717) is 32.1 Å². The number of nitrogens with two attached hydrogens (primary N) is 1. The van der Waals surface area contributed by atoms with E-state index in [-0.39, 0.29) is 36.8 Å². The molecule has 0 saturated carbocycles. The average molecular weight is 368 g/mol. The molecule has 9 heteroatoms. The predicted octanol–water partition coefficient (Wildman–Crippen LogP) is 1.62. The number of hydrogen-bond acceptors (Lipinski definition) is 5. The van der Waals surface area contributed by atoms with E-state index < -0.39 is 5.41 Å². The van der Waals surface area contributed by atoms with Gasteiger partial charge in [0.2, 0.25) is 5.91 Å². The van der Waals surface area contributed by atoms with Crippen LogP contribution in [0.2, 0.25) is 0 Å². The van der Waals surface area contributed by atoms with Crippen molar-refractivity contribution < 1.29 is 9.53 Å². The molecule has 1 aromatic rings. The molecule has 1 aliphatic rings. The molecule has 1 aliphatic heterocycles. The maximum absolute atomic E-state index is 12.8. The number of aryl methyl sites for hydroxylation is 1. The van der Waals surface area contributed by atoms with E-state index in [1.54, 1.807) is 0 Å². The Kier molecular flexibility index (Phi) is 9.05. The van der Waals surface area contributed by atoms with Crippen molar-refractivity contribution in [3.8, 4) is 0 Å². The lowest BCUT2D eigenvalue weighted by Gasteiger charge is -2.39. The number of aromatic amines is 1. The highest BCUT2D eigenvalue weighted by molar-refractivity contribution is 5.85. The number of aromatic nitrogens is 3. The van der Waals surface area contributed by atoms with Crippen molar-refractivity contribution in [1.29, 1.82) is 0 Å². The predicted molar refractivity (Wildman–Crippen MR) is 93.0 cm³/mol. The zero-order chi connectivity index (χ0) is 15.5. The van der Waals surface area contributed by atoms with E-state index in [2.05, 4.69) is 15.2 Å². The number of nitrogens with one attached hydrogen (secondary N) is 1. The number of rotatable bonds is 5. The third-order valence-corrected chi connectivity index (χ3v) is 4.45. The first-order chi connectivity index (χ1) is 10.1. The molecule has 0 bridgehead atoms. The average Bonchev–Trinajstić information content (AvgIpc) is 2.96. The third-order valence-electron chi connectivity index (χ3n) is 4.45. The van der Waals surface area contributed by atoms with Crippen molar-refractivity contribution in [2.75, 3.05) is 26.2 Å². The van der Waals surface area contributed by atoms with Gasteiger partial charge in [0.1, 0.15) is 11.9 Å². The largest absolute Gasteiger partial charge is 0.366 e. The highest BCUT2D eigenvalue weighted by Crippen LogP contribution is 2.30. The van der Waals surface area contributed by atoms with Crippen LogP contribution in [0.15, 0.2) is 0 Å². The van der Waals surface area contributed by atoms with E-state index >= 15 is 0 Å². The molecule has 0 spiro atoms. The molecule has 134 valence electrons. The lowest BCUT2D eigenvalue weighted by Crippen LogP contribution is -2.51. The van der Waals surface area contributed by atoms with Crippen LogP contribution in [0.5, 0.6) is 0 Å². The van der Waals surface area contributed by atoms with Gasteiger partial charge in [-0.25, -0.2) is 4.98 Å². The van der Waals surface area contributed by atoms with Crippen LogP contribution in [-0.4, -0.2) is 52.2 Å². The summed E-state index contributed by atoms with van der Waals surface area (Å²) in [4.78, 5) is 19.0. The van der Waals surface area contributed by atoms with Crippen LogP contribution in [0.1, 0.15) is 44.4 Å². The summed E-state index contributed by atoms with van der Waals surface area (Å²) < 4.78 is 5.70. The Bertz CT molecular complexity index is 485. The van der Waals surface area contributed by atoms with Gasteiger partial charge in [-0.05, 0) is 19.8 Å². The van der Waals surface area contributed by atoms with Crippen LogP contribution in [0.3, 0.4) is 0 Å². The van der Waals surface area contributed by atoms with Gasteiger partial charge in [-0.2, -0.15) is 5.10 Å². The van der Waals surface area contributed by atoms with Crippen LogP contribution >= 0.6 is 24.8 Å². The molecule has 0 aliphatic carbocycles. The number of halogens is 2. The van der Waals surface area contributed by atoms with Crippen LogP contribution in [0.25, 0.3) is 0 Å². The number of ether oxygens (including phenoxy) is 1. The first-order valence-electron chi connectivity index (χ1n) is 7.56. The summed E-state index contributed by atoms with van der Waals surface area (Å²) in [6.45, 7) is 7.84. The lowest BCUT2D eigenvalue weighted by atomic mass is 9.80. The summed E-state index contributed by atoms with van der Waals surface area (Å²) in [6.07, 6.45) is 1.23. The monoisotopic (exact) mass is 367 g/mol. The van der Waals surface area contributed by atoms with Crippen molar-refractivity contribution in [2.24, 2.45) is 11.1 Å². The topological polar surface area (TPSA) is 97.1 Å². The van der Waals surface area contributed by atoms with Crippen LogP contribution in [-0.2, 0) is 9.53 Å². The second-order valence-corrected chi connectivity index (χ2v) is 5.58. The van der Waals surface area contributed by atoms with Crippen molar-refractivity contribution in [3.05, 3.63) is 11.6 Å². The maximum atomic E-state index is 12.8. The summed E-state index contributed by atoms with van der Waals surface area (Å²) in [7, 11) is 0. The van der Waals surface area contributed by atoms with Gasteiger partial charge < -0.3 is 15.4 Å². The highest BCUT2D eigenvalue weighted by Gasteiger charge is 2.39. The van der Waals surface area contributed by atoms with Crippen molar-refractivity contribution in [1.82, 2.24) is 20.1 Å². The Balaban J connectivity index is 0.00000242. The molecule has 1 saturated heterocycles. The lowest BCUT2D eigenvalue weighted by molar-refractivity contribution is -0.150. The fraction of sp³-hybridized carbons (Fsp3) is 0.786. The minimum absolute atomic E-state index is 0. The summed E-state index contributed by atoms with van der Waals surface area (Å²) in [5.41, 5.74) is 5.42. The second kappa shape index (κ2) is 9.42. The van der Waals surface area contributed by atoms with Crippen molar-refractivity contribution in [2.45, 2.75) is 39.7 Å². The second-order valence-electron chi connectivity index (χ2n) is 5.58. The van der Waals surface area contributed by atoms with E-state index in [4.69, 9.17) is 10.5 Å². The molecule has 0 radical (unpaired) electrons. The fourth-order valence-electron chi connectivity index (χ4n) is 2.76. The van der Waals surface area contributed by atoms with Gasteiger partial charge >= 0.3 is 0 Å². The molecule has 1 atom stereocenters. The molecule has 7 nitrogen and oxygen atoms in total. The SMILES string of the molecule is CCC(CC)(CN)C(=O)N1CCOC(c2n[nH]c(C)n2)C1.Cl.Cl. The van der Waals surface area contributed by atoms with Gasteiger partial charge in [0.15, 0.2) is 5.82 Å². The molecular formula is C14H27Cl2N5O2. The van der Waals surface area contributed by atoms with E-state index in [1.165, 1.54) is 0 Å². The number of hydrogen-bond donors (Lipinski definition) is 2. The summed E-state index contributed by atoms with van der Waals surface area (Å²) >= 11 is 0. The number of morpholine rings is 1. The Morgan fingerprint density at radius 3 is 2.57 bits per heavy atom. The first-order valence-corrected chi connectivity index (χ1v) is 7.56. The van der Waals surface area contributed by atoms with Gasteiger partial charge in [-0.3, -0.25) is 9.89 Å². The highest BCUT2D eigenvalue weighted by atomic mass is 35.5. The smallest absolute Gasteiger partial charge is 0.230 e. The molecule has 3 N–H and O–H groups in total. The number of H-pyrrole nitrogens is 1. The van der Waals surface area contributed by atoms with Gasteiger partial charge in [-0.15, -0.1) is 24.8 Å². The van der Waals surface area contributed by atoms with Crippen molar-refractivity contribution >= 4 is 30.7 Å². The standard InChI is InChI=1S/C14H25N5O2.2ClH/c1-4-14(5-2,9-15)13(20)19-6-7-21-11(8-19)12-16-10(3)17-18-12;;/h11H,4-9,15H2,1-3H3,(H,16,17,18);2*1H. The Morgan fingerprint density at radius 1 is 1.43 bits per heavy atom. The molecule has 1 unspecified atom stereocenters. The third kappa shape index (κ3) is 4.56. The molecule has 1 fully saturated rings. The quantitative estimate of drug-likeness (QED) is 0.823. The van der Waals surface area contributed by atoms with Crippen LogP contribution in [0, 0.1) is 12.3 Å². The van der Waals surface area contributed by atoms with Gasteiger partial charge in [0.25, 0.3) is 0 Å². The van der Waals surface area contributed by atoms with Gasteiger partial charge in [-0.1, -0.05) is 13.8 Å². The fourth-order valence-corrected chi connectivity index (χ4v) is 2.76. The normalized spacial score (nSPS) is 18.1. The minimum atomic E-state index is -0.461.